The smallest absolute Gasteiger partial charge is 0.245 e. The van der Waals surface area contributed by atoms with Crippen molar-refractivity contribution >= 4 is 29.0 Å². The number of aromatic nitrogens is 3. The first kappa shape index (κ1) is 12.5. The zero-order valence-corrected chi connectivity index (χ0v) is 10.5. The molecule has 1 aromatic rings. The number of anilines is 1. The molecule has 0 aromatic carbocycles. The van der Waals surface area contributed by atoms with Crippen LogP contribution in [0.2, 0.25) is 10.4 Å². The third-order valence-electron chi connectivity index (χ3n) is 1.79. The Bertz CT molecular complexity index is 335. The quantitative estimate of drug-likeness (QED) is 0.894. The van der Waals surface area contributed by atoms with E-state index in [2.05, 4.69) is 41.3 Å². The van der Waals surface area contributed by atoms with E-state index in [1.165, 1.54) is 0 Å². The molecule has 0 radical (unpaired) electrons. The van der Waals surface area contributed by atoms with Gasteiger partial charge in [-0.05, 0) is 23.4 Å². The molecule has 0 fully saturated rings. The molecule has 6 heteroatoms. The first-order valence-electron chi connectivity index (χ1n) is 4.68. The molecule has 0 bridgehead atoms. The molecule has 1 heterocycles. The van der Waals surface area contributed by atoms with Gasteiger partial charge in [0.15, 0.2) is 11.0 Å². The van der Waals surface area contributed by atoms with Crippen molar-refractivity contribution in [2.45, 2.75) is 27.2 Å². The Morgan fingerprint density at radius 1 is 1.20 bits per heavy atom. The summed E-state index contributed by atoms with van der Waals surface area (Å²) in [7, 11) is 0. The molecule has 0 spiro atoms. The van der Waals surface area contributed by atoms with Gasteiger partial charge in [-0.2, -0.15) is 4.98 Å². The van der Waals surface area contributed by atoms with E-state index in [-0.39, 0.29) is 15.9 Å². The fraction of sp³-hybridized carbons (Fsp3) is 0.667. The van der Waals surface area contributed by atoms with Crippen molar-refractivity contribution in [1.29, 1.82) is 0 Å². The monoisotopic (exact) mass is 248 g/mol. The first-order valence-corrected chi connectivity index (χ1v) is 5.44. The highest BCUT2D eigenvalue weighted by Crippen LogP contribution is 2.20. The second-order valence-corrected chi connectivity index (χ2v) is 5.15. The molecule has 0 atom stereocenters. The lowest BCUT2D eigenvalue weighted by molar-refractivity contribution is 0.389. The zero-order valence-electron chi connectivity index (χ0n) is 9.01. The standard InChI is InChI=1S/C9H14Cl2N4/c1-9(2,3)4-5-12-7-6(10)14-15-8(11)13-7/h4-5H2,1-3H3,(H,12,13,15). The lowest BCUT2D eigenvalue weighted by Gasteiger charge is -2.18. The maximum atomic E-state index is 5.79. The van der Waals surface area contributed by atoms with Gasteiger partial charge >= 0.3 is 0 Å². The summed E-state index contributed by atoms with van der Waals surface area (Å²) in [6.07, 6.45) is 1.00. The fourth-order valence-corrected chi connectivity index (χ4v) is 1.23. The van der Waals surface area contributed by atoms with Crippen LogP contribution in [0.15, 0.2) is 0 Å². The van der Waals surface area contributed by atoms with Crippen LogP contribution < -0.4 is 5.32 Å². The molecule has 84 valence electrons. The highest BCUT2D eigenvalue weighted by atomic mass is 35.5. The van der Waals surface area contributed by atoms with Crippen molar-refractivity contribution in [3.8, 4) is 0 Å². The molecule has 0 aliphatic heterocycles. The normalized spacial score (nSPS) is 11.5. The number of rotatable bonds is 3. The van der Waals surface area contributed by atoms with Crippen LogP contribution in [-0.2, 0) is 0 Å². The maximum absolute atomic E-state index is 5.79. The van der Waals surface area contributed by atoms with Crippen molar-refractivity contribution in [2.75, 3.05) is 11.9 Å². The summed E-state index contributed by atoms with van der Waals surface area (Å²) >= 11 is 11.4. The second-order valence-electron chi connectivity index (χ2n) is 4.46. The van der Waals surface area contributed by atoms with Gasteiger partial charge in [-0.1, -0.05) is 32.4 Å². The van der Waals surface area contributed by atoms with Crippen LogP contribution in [0, 0.1) is 5.41 Å². The zero-order chi connectivity index (χ0) is 11.5. The van der Waals surface area contributed by atoms with Gasteiger partial charge in [0.05, 0.1) is 0 Å². The van der Waals surface area contributed by atoms with E-state index in [9.17, 15) is 0 Å². The molecule has 0 saturated carbocycles. The largest absolute Gasteiger partial charge is 0.367 e. The predicted molar refractivity (Wildman–Crippen MR) is 62.4 cm³/mol. The van der Waals surface area contributed by atoms with Gasteiger partial charge in [0.1, 0.15) is 0 Å². The molecule has 1 rings (SSSR count). The van der Waals surface area contributed by atoms with E-state index in [1.54, 1.807) is 0 Å². The van der Waals surface area contributed by atoms with Crippen molar-refractivity contribution in [3.63, 3.8) is 0 Å². The van der Waals surface area contributed by atoms with Gasteiger partial charge in [-0.25, -0.2) is 0 Å². The van der Waals surface area contributed by atoms with Crippen LogP contribution in [0.25, 0.3) is 0 Å². The average molecular weight is 249 g/mol. The number of nitrogens with zero attached hydrogens (tertiary/aromatic N) is 3. The van der Waals surface area contributed by atoms with Gasteiger partial charge in [0.25, 0.3) is 0 Å². The minimum Gasteiger partial charge on any atom is -0.367 e. The van der Waals surface area contributed by atoms with Gasteiger partial charge in [0.2, 0.25) is 5.28 Å². The molecule has 0 aliphatic rings. The Morgan fingerprint density at radius 3 is 2.47 bits per heavy atom. The lowest BCUT2D eigenvalue weighted by Crippen LogP contribution is -2.14. The van der Waals surface area contributed by atoms with Gasteiger partial charge in [-0.15, -0.1) is 10.2 Å². The van der Waals surface area contributed by atoms with Crippen molar-refractivity contribution in [2.24, 2.45) is 5.41 Å². The highest BCUT2D eigenvalue weighted by molar-refractivity contribution is 6.32. The summed E-state index contributed by atoms with van der Waals surface area (Å²) < 4.78 is 0. The van der Waals surface area contributed by atoms with E-state index in [4.69, 9.17) is 23.2 Å². The first-order chi connectivity index (χ1) is 6.88. The molecule has 1 aromatic heterocycles. The Kier molecular flexibility index (Phi) is 4.11. The summed E-state index contributed by atoms with van der Waals surface area (Å²) in [4.78, 5) is 3.94. The lowest BCUT2D eigenvalue weighted by atomic mass is 9.92. The molecular weight excluding hydrogens is 235 g/mol. The molecule has 0 aliphatic carbocycles. The maximum Gasteiger partial charge on any atom is 0.245 e. The minimum atomic E-state index is 0.0951. The fourth-order valence-electron chi connectivity index (χ4n) is 0.962. The predicted octanol–water partition coefficient (Wildman–Crippen LogP) is 3.03. The Balaban J connectivity index is 2.54. The molecule has 0 amide bonds. The van der Waals surface area contributed by atoms with Crippen LogP contribution in [0.1, 0.15) is 27.2 Å². The SMILES string of the molecule is CC(C)(C)CCNc1nc(Cl)nnc1Cl. The number of halogens is 2. The summed E-state index contributed by atoms with van der Waals surface area (Å²) in [5.41, 5.74) is 0.268. The average Bonchev–Trinajstić information content (AvgIpc) is 2.09. The summed E-state index contributed by atoms with van der Waals surface area (Å²) in [6.45, 7) is 7.28. The van der Waals surface area contributed by atoms with Crippen molar-refractivity contribution < 1.29 is 0 Å². The number of nitrogens with one attached hydrogen (secondary N) is 1. The van der Waals surface area contributed by atoms with Crippen molar-refractivity contribution in [3.05, 3.63) is 10.4 Å². The summed E-state index contributed by atoms with van der Waals surface area (Å²) in [6, 6.07) is 0. The second kappa shape index (κ2) is 4.94. The topological polar surface area (TPSA) is 50.7 Å². The molecule has 0 unspecified atom stereocenters. The van der Waals surface area contributed by atoms with E-state index >= 15 is 0 Å². The molecular formula is C9H14Cl2N4. The third-order valence-corrected chi connectivity index (χ3v) is 2.20. The van der Waals surface area contributed by atoms with Crippen LogP contribution >= 0.6 is 23.2 Å². The van der Waals surface area contributed by atoms with Crippen LogP contribution in [0.3, 0.4) is 0 Å². The Labute approximate surface area is 99.4 Å². The molecule has 15 heavy (non-hydrogen) atoms. The van der Waals surface area contributed by atoms with Gasteiger partial charge in [0, 0.05) is 6.54 Å². The number of hydrogen-bond acceptors (Lipinski definition) is 4. The van der Waals surface area contributed by atoms with E-state index in [0.717, 1.165) is 13.0 Å². The Morgan fingerprint density at radius 2 is 1.87 bits per heavy atom. The minimum absolute atomic E-state index is 0.0951. The summed E-state index contributed by atoms with van der Waals surface area (Å²) in [5, 5.41) is 10.6. The highest BCUT2D eigenvalue weighted by Gasteiger charge is 2.11. The van der Waals surface area contributed by atoms with E-state index < -0.39 is 0 Å². The van der Waals surface area contributed by atoms with E-state index in [0.29, 0.717) is 5.82 Å². The van der Waals surface area contributed by atoms with E-state index in [1.807, 2.05) is 0 Å². The Hall–Kier alpha value is -0.610. The molecule has 1 N–H and O–H groups in total. The molecule has 0 saturated heterocycles. The van der Waals surface area contributed by atoms with Gasteiger partial charge in [-0.3, -0.25) is 0 Å². The van der Waals surface area contributed by atoms with Crippen molar-refractivity contribution in [1.82, 2.24) is 15.2 Å². The van der Waals surface area contributed by atoms with Crippen LogP contribution in [0.4, 0.5) is 5.82 Å². The molecule has 4 nitrogen and oxygen atoms in total. The summed E-state index contributed by atoms with van der Waals surface area (Å²) in [5.74, 6) is 0.487. The van der Waals surface area contributed by atoms with Crippen LogP contribution in [-0.4, -0.2) is 21.7 Å². The van der Waals surface area contributed by atoms with Gasteiger partial charge < -0.3 is 5.32 Å². The number of hydrogen-bond donors (Lipinski definition) is 1. The third kappa shape index (κ3) is 4.62. The van der Waals surface area contributed by atoms with Crippen LogP contribution in [0.5, 0.6) is 0 Å².